The monoisotopic (exact) mass is 763 g/mol. The number of aryl methyl sites for hydroxylation is 1. The van der Waals surface area contributed by atoms with Crippen molar-refractivity contribution in [3.63, 3.8) is 0 Å². The Morgan fingerprint density at radius 2 is 1.15 bits per heavy atom. The average molecular weight is 764 g/mol. The lowest BCUT2D eigenvalue weighted by Crippen LogP contribution is -2.28. The minimum Gasteiger partial charge on any atom is -0.456 e. The van der Waals surface area contributed by atoms with Crippen molar-refractivity contribution in [2.24, 2.45) is 0 Å². The number of hydrogen-bond donors (Lipinski definition) is 0. The summed E-state index contributed by atoms with van der Waals surface area (Å²) in [4.78, 5) is 15.9. The molecule has 1 atom stereocenters. The van der Waals surface area contributed by atoms with Crippen molar-refractivity contribution >= 4 is 21.9 Å². The third-order valence-corrected chi connectivity index (χ3v) is 13.2. The van der Waals surface area contributed by atoms with E-state index in [2.05, 4.69) is 153 Å². The summed E-state index contributed by atoms with van der Waals surface area (Å²) < 4.78 is 6.35. The van der Waals surface area contributed by atoms with Crippen LogP contribution in [-0.2, 0) is 5.41 Å². The van der Waals surface area contributed by atoms with Crippen LogP contribution in [0.25, 0.3) is 78.1 Å². The molecule has 0 radical (unpaired) electrons. The summed E-state index contributed by atoms with van der Waals surface area (Å²) in [7, 11) is 0. The number of nitrogens with zero attached hydrogens (tertiary/aromatic N) is 3. The van der Waals surface area contributed by atoms with Crippen LogP contribution in [0.1, 0.15) is 79.4 Å². The highest BCUT2D eigenvalue weighted by Crippen LogP contribution is 2.57. The molecule has 0 aliphatic heterocycles. The topological polar surface area (TPSA) is 51.8 Å². The smallest absolute Gasteiger partial charge is 0.163 e. The van der Waals surface area contributed by atoms with Crippen molar-refractivity contribution in [1.82, 2.24) is 15.0 Å². The Morgan fingerprint density at radius 3 is 1.97 bits per heavy atom. The van der Waals surface area contributed by atoms with Crippen LogP contribution in [0, 0.1) is 6.92 Å². The first kappa shape index (κ1) is 35.5. The van der Waals surface area contributed by atoms with Gasteiger partial charge in [-0.3, -0.25) is 0 Å². The van der Waals surface area contributed by atoms with E-state index >= 15 is 0 Å². The first-order chi connectivity index (χ1) is 29.1. The van der Waals surface area contributed by atoms with Gasteiger partial charge in [-0.15, -0.1) is 0 Å². The molecule has 11 rings (SSSR count). The van der Waals surface area contributed by atoms with Gasteiger partial charge < -0.3 is 4.42 Å². The fourth-order valence-electron chi connectivity index (χ4n) is 10.3. The van der Waals surface area contributed by atoms with E-state index < -0.39 is 0 Å². The highest BCUT2D eigenvalue weighted by molar-refractivity contribution is 6.05. The van der Waals surface area contributed by atoms with E-state index in [-0.39, 0.29) is 11.3 Å². The van der Waals surface area contributed by atoms with Gasteiger partial charge in [0.2, 0.25) is 0 Å². The molecule has 2 aliphatic rings. The summed E-state index contributed by atoms with van der Waals surface area (Å²) in [5.41, 5.74) is 16.9. The third kappa shape index (κ3) is 5.92. The maximum absolute atomic E-state index is 6.35. The second kappa shape index (κ2) is 14.3. The Labute approximate surface area is 345 Å². The van der Waals surface area contributed by atoms with Crippen molar-refractivity contribution in [1.29, 1.82) is 0 Å². The molecule has 4 nitrogen and oxygen atoms in total. The number of furan rings is 1. The van der Waals surface area contributed by atoms with Gasteiger partial charge in [-0.2, -0.15) is 0 Å². The molecule has 2 aliphatic carbocycles. The van der Waals surface area contributed by atoms with Gasteiger partial charge in [0.1, 0.15) is 17.0 Å². The molecule has 1 fully saturated rings. The Bertz CT molecular complexity index is 3030. The van der Waals surface area contributed by atoms with Crippen LogP contribution in [0.3, 0.4) is 0 Å². The molecule has 0 bridgehead atoms. The first-order valence-electron chi connectivity index (χ1n) is 21.3. The molecular weight excluding hydrogens is 719 g/mol. The van der Waals surface area contributed by atoms with E-state index in [1.807, 2.05) is 18.2 Å². The molecule has 9 aromatic rings. The van der Waals surface area contributed by atoms with Gasteiger partial charge in [-0.25, -0.2) is 15.0 Å². The number of hydrogen-bond acceptors (Lipinski definition) is 4. The lowest BCUT2D eigenvalue weighted by molar-refractivity contribution is 0.353. The van der Waals surface area contributed by atoms with Crippen molar-refractivity contribution in [2.75, 3.05) is 0 Å². The van der Waals surface area contributed by atoms with Gasteiger partial charge in [0.15, 0.2) is 11.6 Å². The van der Waals surface area contributed by atoms with Gasteiger partial charge >= 0.3 is 0 Å². The SMILES string of the molecule is CCC(c1nc(-c2ccc(-c3ccccc3)cc2)nc(-c2ccc3c(c2)oc2ccccc23)n1)c1ccccc1-c1cc2c(cc1C)C1(CCCCC1)c1ccccc1-2. The van der Waals surface area contributed by atoms with E-state index in [9.17, 15) is 0 Å². The minimum absolute atomic E-state index is 0.0742. The fraction of sp³-hybridized carbons (Fsp3) is 0.182. The molecule has 1 unspecified atom stereocenters. The van der Waals surface area contributed by atoms with E-state index in [4.69, 9.17) is 19.4 Å². The normalized spacial score (nSPS) is 14.7. The van der Waals surface area contributed by atoms with Crippen LogP contribution in [-0.4, -0.2) is 15.0 Å². The zero-order chi connectivity index (χ0) is 39.5. The van der Waals surface area contributed by atoms with Crippen LogP contribution in [0.4, 0.5) is 0 Å². The first-order valence-corrected chi connectivity index (χ1v) is 21.3. The minimum atomic E-state index is -0.0742. The van der Waals surface area contributed by atoms with E-state index in [0.29, 0.717) is 11.6 Å². The molecule has 286 valence electrons. The summed E-state index contributed by atoms with van der Waals surface area (Å²) >= 11 is 0. The van der Waals surface area contributed by atoms with Gasteiger partial charge in [-0.05, 0) is 106 Å². The molecular formula is C55H45N3O. The van der Waals surface area contributed by atoms with Crippen LogP contribution in [0.15, 0.2) is 162 Å². The van der Waals surface area contributed by atoms with Crippen molar-refractivity contribution < 1.29 is 4.42 Å². The highest BCUT2D eigenvalue weighted by Gasteiger charge is 2.44. The standard InChI is InChI=1S/C55H45N3O/c1-3-40(41-18-8-9-19-42(41)46-34-47-43-20-10-12-22-48(43)55(30-14-5-15-31-55)49(47)32-35(46)2)54-57-52(38-26-24-37(25-27-38)36-16-6-4-7-17-36)56-53(58-54)39-28-29-45-44-21-11-13-23-50(44)59-51(45)33-39/h4,6-13,16-29,32-34,40H,3,5,14-15,30-31H2,1-2H3. The lowest BCUT2D eigenvalue weighted by Gasteiger charge is -2.36. The largest absolute Gasteiger partial charge is 0.456 e. The second-order valence-electron chi connectivity index (χ2n) is 16.5. The molecule has 7 aromatic carbocycles. The van der Waals surface area contributed by atoms with Gasteiger partial charge in [0.05, 0.1) is 0 Å². The van der Waals surface area contributed by atoms with Crippen molar-refractivity contribution in [3.8, 4) is 56.2 Å². The van der Waals surface area contributed by atoms with Crippen molar-refractivity contribution in [2.45, 2.75) is 63.7 Å². The fourth-order valence-corrected chi connectivity index (χ4v) is 10.3. The molecule has 0 N–H and O–H groups in total. The molecule has 2 heterocycles. The molecule has 4 heteroatoms. The quantitative estimate of drug-likeness (QED) is 0.162. The third-order valence-electron chi connectivity index (χ3n) is 13.2. The number of rotatable bonds is 7. The number of benzene rings is 7. The number of aromatic nitrogens is 3. The Balaban J connectivity index is 1.05. The maximum Gasteiger partial charge on any atom is 0.163 e. The Morgan fingerprint density at radius 1 is 0.508 bits per heavy atom. The summed E-state index contributed by atoms with van der Waals surface area (Å²) in [6.07, 6.45) is 7.18. The predicted molar refractivity (Wildman–Crippen MR) is 241 cm³/mol. The van der Waals surface area contributed by atoms with E-state index in [1.165, 1.54) is 82.2 Å². The zero-order valence-electron chi connectivity index (χ0n) is 33.6. The van der Waals surface area contributed by atoms with Gasteiger partial charge in [0, 0.05) is 33.2 Å². The number of para-hydroxylation sites is 1. The summed E-state index contributed by atoms with van der Waals surface area (Å²) in [6, 6.07) is 56.7. The van der Waals surface area contributed by atoms with Gasteiger partial charge in [-0.1, -0.05) is 160 Å². The maximum atomic E-state index is 6.35. The molecule has 0 saturated heterocycles. The number of fused-ring (bicyclic) bond motifs is 8. The molecule has 1 spiro atoms. The van der Waals surface area contributed by atoms with E-state index in [0.717, 1.165) is 50.9 Å². The molecule has 59 heavy (non-hydrogen) atoms. The van der Waals surface area contributed by atoms with Crippen LogP contribution in [0.2, 0.25) is 0 Å². The zero-order valence-corrected chi connectivity index (χ0v) is 33.6. The summed E-state index contributed by atoms with van der Waals surface area (Å²) in [5, 5.41) is 2.18. The Kier molecular flexibility index (Phi) is 8.62. The van der Waals surface area contributed by atoms with Gasteiger partial charge in [0.25, 0.3) is 0 Å². The molecule has 0 amide bonds. The Hall–Kier alpha value is -6.65. The summed E-state index contributed by atoms with van der Waals surface area (Å²) in [6.45, 7) is 4.55. The van der Waals surface area contributed by atoms with E-state index in [1.54, 1.807) is 0 Å². The average Bonchev–Trinajstić information content (AvgIpc) is 3.79. The second-order valence-corrected chi connectivity index (χ2v) is 16.5. The predicted octanol–water partition coefficient (Wildman–Crippen LogP) is 14.5. The van der Waals surface area contributed by atoms with Crippen LogP contribution in [0.5, 0.6) is 0 Å². The lowest BCUT2D eigenvalue weighted by atomic mass is 9.67. The molecule has 2 aromatic heterocycles. The van der Waals surface area contributed by atoms with Crippen molar-refractivity contribution in [3.05, 3.63) is 186 Å². The van der Waals surface area contributed by atoms with Crippen LogP contribution >= 0.6 is 0 Å². The molecule has 1 saturated carbocycles. The van der Waals surface area contributed by atoms with Crippen LogP contribution < -0.4 is 0 Å². The highest BCUT2D eigenvalue weighted by atomic mass is 16.3. The summed E-state index contributed by atoms with van der Waals surface area (Å²) in [5.74, 6) is 1.99.